The lowest BCUT2D eigenvalue weighted by Crippen LogP contribution is -2.37. The summed E-state index contributed by atoms with van der Waals surface area (Å²) in [5, 5.41) is 0. The van der Waals surface area contributed by atoms with E-state index in [-0.39, 0.29) is 18.6 Å². The van der Waals surface area contributed by atoms with Gasteiger partial charge in [0.15, 0.2) is 0 Å². The number of benzene rings is 2. The Morgan fingerprint density at radius 3 is 2.00 bits per heavy atom. The highest BCUT2D eigenvalue weighted by molar-refractivity contribution is 6.00. The molecule has 25 heavy (non-hydrogen) atoms. The molecular weight excluding hydrogens is 316 g/mol. The molecule has 128 valence electrons. The van der Waals surface area contributed by atoms with Gasteiger partial charge in [0.2, 0.25) is 0 Å². The van der Waals surface area contributed by atoms with Gasteiger partial charge < -0.3 is 9.47 Å². The number of carbonyl (C=O) groups excluding carboxylic acids is 2. The molecule has 0 spiro atoms. The smallest absolute Gasteiger partial charge is 0.333 e. The van der Waals surface area contributed by atoms with Crippen LogP contribution in [0.5, 0.6) is 0 Å². The predicted octanol–water partition coefficient (Wildman–Crippen LogP) is 3.64. The van der Waals surface area contributed by atoms with Crippen LogP contribution < -0.4 is 0 Å². The number of hydrogen-bond acceptors (Lipinski definition) is 4. The Morgan fingerprint density at radius 2 is 1.52 bits per heavy atom. The number of carbonyl (C=O) groups is 2. The Bertz CT molecular complexity index is 805. The van der Waals surface area contributed by atoms with E-state index in [4.69, 9.17) is 9.47 Å². The number of hydrogen-bond donors (Lipinski definition) is 0. The zero-order chi connectivity index (χ0) is 18.0. The van der Waals surface area contributed by atoms with Gasteiger partial charge in [-0.2, -0.15) is 0 Å². The van der Waals surface area contributed by atoms with Crippen molar-refractivity contribution in [3.63, 3.8) is 0 Å². The average molecular weight is 336 g/mol. The maximum absolute atomic E-state index is 13.0. The molecule has 0 unspecified atom stereocenters. The zero-order valence-corrected chi connectivity index (χ0v) is 14.4. The third-order valence-corrected chi connectivity index (χ3v) is 4.64. The monoisotopic (exact) mass is 336 g/mol. The van der Waals surface area contributed by atoms with Crippen molar-refractivity contribution >= 4 is 11.9 Å². The Morgan fingerprint density at radius 1 is 1.00 bits per heavy atom. The molecule has 1 aliphatic carbocycles. The lowest BCUT2D eigenvalue weighted by molar-refractivity contribution is -0.146. The molecule has 0 saturated carbocycles. The third-order valence-electron chi connectivity index (χ3n) is 4.64. The van der Waals surface area contributed by atoms with Crippen molar-refractivity contribution in [2.75, 3.05) is 13.7 Å². The van der Waals surface area contributed by atoms with E-state index in [0.29, 0.717) is 0 Å². The van der Waals surface area contributed by atoms with Crippen LogP contribution in [-0.4, -0.2) is 25.7 Å². The molecule has 0 aliphatic heterocycles. The van der Waals surface area contributed by atoms with Gasteiger partial charge in [-0.15, -0.1) is 0 Å². The van der Waals surface area contributed by atoms with Crippen LogP contribution >= 0.6 is 0 Å². The van der Waals surface area contributed by atoms with Gasteiger partial charge in [-0.3, -0.25) is 4.79 Å². The van der Waals surface area contributed by atoms with Crippen molar-refractivity contribution in [3.05, 3.63) is 71.8 Å². The van der Waals surface area contributed by atoms with Gasteiger partial charge in [0.05, 0.1) is 13.7 Å². The first kappa shape index (κ1) is 17.0. The van der Waals surface area contributed by atoms with Crippen LogP contribution in [0.2, 0.25) is 0 Å². The first-order valence-corrected chi connectivity index (χ1v) is 8.19. The van der Waals surface area contributed by atoms with Crippen LogP contribution in [0, 0.1) is 0 Å². The van der Waals surface area contributed by atoms with E-state index in [9.17, 15) is 9.59 Å². The number of ether oxygens (including phenoxy) is 2. The van der Waals surface area contributed by atoms with Crippen LogP contribution in [0.15, 0.2) is 60.7 Å². The minimum Gasteiger partial charge on any atom is -0.468 e. The Labute approximate surface area is 147 Å². The first-order chi connectivity index (χ1) is 12.1. The second-order valence-corrected chi connectivity index (χ2v) is 5.99. The van der Waals surface area contributed by atoms with Gasteiger partial charge in [0.1, 0.15) is 5.41 Å². The quantitative estimate of drug-likeness (QED) is 0.618. The molecule has 2 aromatic carbocycles. The van der Waals surface area contributed by atoms with E-state index >= 15 is 0 Å². The second-order valence-electron chi connectivity index (χ2n) is 5.99. The van der Waals surface area contributed by atoms with E-state index in [0.717, 1.165) is 22.3 Å². The highest BCUT2D eigenvalue weighted by Gasteiger charge is 2.50. The minimum atomic E-state index is -1.09. The molecule has 0 heterocycles. The summed E-state index contributed by atoms with van der Waals surface area (Å²) in [5.41, 5.74) is 2.76. The van der Waals surface area contributed by atoms with E-state index in [1.54, 1.807) is 6.92 Å². The summed E-state index contributed by atoms with van der Waals surface area (Å²) < 4.78 is 10.2. The molecular formula is C21H20O4. The molecule has 0 saturated heterocycles. The van der Waals surface area contributed by atoms with E-state index < -0.39 is 17.4 Å². The Kier molecular flexibility index (Phi) is 4.45. The summed E-state index contributed by atoms with van der Waals surface area (Å²) in [6, 6.07) is 15.4. The molecule has 0 N–H and O–H groups in total. The molecule has 0 atom stereocenters. The van der Waals surface area contributed by atoms with Crippen molar-refractivity contribution in [2.24, 2.45) is 0 Å². The van der Waals surface area contributed by atoms with Gasteiger partial charge in [0.25, 0.3) is 0 Å². The van der Waals surface area contributed by atoms with Crippen molar-refractivity contribution in [2.45, 2.75) is 18.8 Å². The molecule has 4 nitrogen and oxygen atoms in total. The van der Waals surface area contributed by atoms with Gasteiger partial charge in [-0.25, -0.2) is 4.79 Å². The SMILES string of the molecule is C=C(CC1(C(=O)OC)c2ccccc2-c2ccccc21)C(=O)OCC. The van der Waals surface area contributed by atoms with E-state index in [1.807, 2.05) is 48.5 Å². The molecule has 0 bridgehead atoms. The molecule has 3 rings (SSSR count). The highest BCUT2D eigenvalue weighted by Crippen LogP contribution is 2.52. The molecule has 0 fully saturated rings. The highest BCUT2D eigenvalue weighted by atomic mass is 16.5. The Hall–Kier alpha value is -2.88. The lowest BCUT2D eigenvalue weighted by Gasteiger charge is -2.29. The van der Waals surface area contributed by atoms with Crippen LogP contribution in [-0.2, 0) is 24.5 Å². The van der Waals surface area contributed by atoms with Crippen molar-refractivity contribution < 1.29 is 19.1 Å². The molecule has 0 aromatic heterocycles. The number of methoxy groups -OCH3 is 1. The second kappa shape index (κ2) is 6.55. The summed E-state index contributed by atoms with van der Waals surface area (Å²) in [5.74, 6) is -0.900. The summed E-state index contributed by atoms with van der Waals surface area (Å²) in [6.07, 6.45) is 0.118. The van der Waals surface area contributed by atoms with Crippen LogP contribution in [0.25, 0.3) is 11.1 Å². The molecule has 2 aromatic rings. The summed E-state index contributed by atoms with van der Waals surface area (Å²) in [7, 11) is 1.36. The van der Waals surface area contributed by atoms with E-state index in [1.165, 1.54) is 7.11 Å². The maximum atomic E-state index is 13.0. The molecule has 0 radical (unpaired) electrons. The topological polar surface area (TPSA) is 52.6 Å². The fourth-order valence-electron chi connectivity index (χ4n) is 3.61. The van der Waals surface area contributed by atoms with Crippen LogP contribution in [0.1, 0.15) is 24.5 Å². The number of esters is 2. The molecule has 1 aliphatic rings. The Balaban J connectivity index is 2.20. The summed E-state index contributed by atoms with van der Waals surface area (Å²) in [4.78, 5) is 25.1. The maximum Gasteiger partial charge on any atom is 0.333 e. The van der Waals surface area contributed by atoms with Crippen molar-refractivity contribution in [1.82, 2.24) is 0 Å². The number of rotatable bonds is 5. The van der Waals surface area contributed by atoms with E-state index in [2.05, 4.69) is 6.58 Å². The van der Waals surface area contributed by atoms with Crippen LogP contribution in [0.3, 0.4) is 0 Å². The molecule has 0 amide bonds. The zero-order valence-electron chi connectivity index (χ0n) is 14.4. The first-order valence-electron chi connectivity index (χ1n) is 8.19. The average Bonchev–Trinajstić information content (AvgIpc) is 2.93. The normalized spacial score (nSPS) is 13.5. The third kappa shape index (κ3) is 2.54. The van der Waals surface area contributed by atoms with Gasteiger partial charge in [0, 0.05) is 12.0 Å². The number of fused-ring (bicyclic) bond motifs is 3. The summed E-state index contributed by atoms with van der Waals surface area (Å²) >= 11 is 0. The van der Waals surface area contributed by atoms with Gasteiger partial charge >= 0.3 is 11.9 Å². The van der Waals surface area contributed by atoms with Crippen LogP contribution in [0.4, 0.5) is 0 Å². The fraction of sp³-hybridized carbons (Fsp3) is 0.238. The standard InChI is InChI=1S/C21H20O4/c1-4-25-19(22)14(2)13-21(20(23)24-3)17-11-7-5-9-15(17)16-10-6-8-12-18(16)21/h5-12H,2,4,13H2,1,3H3. The van der Waals surface area contributed by atoms with Gasteiger partial charge in [-0.1, -0.05) is 55.1 Å². The van der Waals surface area contributed by atoms with Gasteiger partial charge in [-0.05, 0) is 29.2 Å². The fourth-order valence-corrected chi connectivity index (χ4v) is 3.61. The minimum absolute atomic E-state index is 0.118. The largest absolute Gasteiger partial charge is 0.468 e. The predicted molar refractivity (Wildman–Crippen MR) is 95.1 cm³/mol. The van der Waals surface area contributed by atoms with Crippen molar-refractivity contribution in [3.8, 4) is 11.1 Å². The molecule has 4 heteroatoms. The lowest BCUT2D eigenvalue weighted by atomic mass is 9.73. The summed E-state index contributed by atoms with van der Waals surface area (Å²) in [6.45, 7) is 5.86. The van der Waals surface area contributed by atoms with Crippen molar-refractivity contribution in [1.29, 1.82) is 0 Å².